The number of pyridine rings is 2. The summed E-state index contributed by atoms with van der Waals surface area (Å²) in [4.78, 5) is 13.6. The van der Waals surface area contributed by atoms with E-state index in [1.54, 1.807) is 17.5 Å². The van der Waals surface area contributed by atoms with E-state index in [9.17, 15) is 0 Å². The Hall–Kier alpha value is -3.70. The maximum absolute atomic E-state index is 6.37. The SMILES string of the molecule is Cc1nc2c(ccc3c4cc[c-]c(-c5cc(C(C)C)c(C)cn5)c4oc32)s1.[Ir].[c-]1ccccc1-c1ccccn1. The van der Waals surface area contributed by atoms with E-state index in [0.717, 1.165) is 59.7 Å². The molecule has 0 bridgehead atoms. The zero-order chi connectivity index (χ0) is 26.9. The van der Waals surface area contributed by atoms with Crippen molar-refractivity contribution < 1.29 is 24.5 Å². The number of furan rings is 1. The summed E-state index contributed by atoms with van der Waals surface area (Å²) < 4.78 is 7.52. The molecule has 0 fully saturated rings. The van der Waals surface area contributed by atoms with Gasteiger partial charge in [0.15, 0.2) is 0 Å². The molecule has 0 unspecified atom stereocenters. The van der Waals surface area contributed by atoms with Gasteiger partial charge in [0.2, 0.25) is 0 Å². The van der Waals surface area contributed by atoms with E-state index in [2.05, 4.69) is 72.1 Å². The monoisotopic (exact) mass is 718 g/mol. The molecule has 0 amide bonds. The summed E-state index contributed by atoms with van der Waals surface area (Å²) in [6.07, 6.45) is 3.73. The van der Waals surface area contributed by atoms with Crippen LogP contribution in [0.4, 0.5) is 0 Å². The third-order valence-electron chi connectivity index (χ3n) is 6.74. The van der Waals surface area contributed by atoms with Gasteiger partial charge in [-0.1, -0.05) is 49.1 Å². The Labute approximate surface area is 251 Å². The van der Waals surface area contributed by atoms with E-state index < -0.39 is 0 Å². The third-order valence-corrected chi connectivity index (χ3v) is 7.67. The minimum atomic E-state index is 0. The van der Waals surface area contributed by atoms with Crippen LogP contribution >= 0.6 is 11.3 Å². The van der Waals surface area contributed by atoms with Crippen molar-refractivity contribution in [2.45, 2.75) is 33.6 Å². The van der Waals surface area contributed by atoms with Crippen LogP contribution in [0.5, 0.6) is 0 Å². The molecule has 40 heavy (non-hydrogen) atoms. The van der Waals surface area contributed by atoms with Gasteiger partial charge in [-0.05, 0) is 54.4 Å². The second-order valence-electron chi connectivity index (χ2n) is 9.79. The van der Waals surface area contributed by atoms with Crippen LogP contribution in [0.25, 0.3) is 54.7 Å². The number of aromatic nitrogens is 3. The van der Waals surface area contributed by atoms with Crippen LogP contribution < -0.4 is 0 Å². The quantitative estimate of drug-likeness (QED) is 0.171. The van der Waals surface area contributed by atoms with Crippen molar-refractivity contribution in [3.05, 3.63) is 113 Å². The third kappa shape index (κ3) is 5.35. The van der Waals surface area contributed by atoms with Crippen molar-refractivity contribution in [1.82, 2.24) is 15.0 Å². The maximum atomic E-state index is 6.37. The van der Waals surface area contributed by atoms with Gasteiger partial charge in [0.05, 0.1) is 15.3 Å². The molecule has 0 saturated carbocycles. The molecule has 0 atom stereocenters. The number of hydrogen-bond donors (Lipinski definition) is 0. The molecule has 0 N–H and O–H groups in total. The molecule has 3 aromatic carbocycles. The largest absolute Gasteiger partial charge is 0.498 e. The van der Waals surface area contributed by atoms with Gasteiger partial charge in [0.1, 0.15) is 11.1 Å². The summed E-state index contributed by atoms with van der Waals surface area (Å²) >= 11 is 1.69. The summed E-state index contributed by atoms with van der Waals surface area (Å²) in [5.74, 6) is 0.444. The number of nitrogens with zero attached hydrogens (tertiary/aromatic N) is 3. The zero-order valence-electron chi connectivity index (χ0n) is 22.7. The average Bonchev–Trinajstić information content (AvgIpc) is 3.54. The van der Waals surface area contributed by atoms with Crippen molar-refractivity contribution in [1.29, 1.82) is 0 Å². The topological polar surface area (TPSA) is 51.8 Å². The molecule has 0 spiro atoms. The first-order valence-corrected chi connectivity index (χ1v) is 13.8. The first kappa shape index (κ1) is 27.9. The van der Waals surface area contributed by atoms with Gasteiger partial charge in [-0.15, -0.1) is 65.4 Å². The summed E-state index contributed by atoms with van der Waals surface area (Å²) in [7, 11) is 0. The predicted octanol–water partition coefficient (Wildman–Crippen LogP) is 9.34. The fourth-order valence-corrected chi connectivity index (χ4v) is 5.69. The molecule has 0 aliphatic heterocycles. The van der Waals surface area contributed by atoms with Gasteiger partial charge in [-0.25, -0.2) is 4.98 Å². The molecule has 0 aliphatic carbocycles. The number of aryl methyl sites for hydroxylation is 2. The number of benzene rings is 3. The zero-order valence-corrected chi connectivity index (χ0v) is 25.9. The fraction of sp³-hybridized carbons (Fsp3) is 0.147. The Bertz CT molecular complexity index is 1870. The normalized spacial score (nSPS) is 11.0. The first-order chi connectivity index (χ1) is 19.0. The van der Waals surface area contributed by atoms with Crippen molar-refractivity contribution in [2.75, 3.05) is 0 Å². The molecule has 4 aromatic heterocycles. The molecule has 0 aliphatic rings. The van der Waals surface area contributed by atoms with Crippen molar-refractivity contribution in [3.63, 3.8) is 0 Å². The number of hydrogen-bond acceptors (Lipinski definition) is 5. The van der Waals surface area contributed by atoms with E-state index in [4.69, 9.17) is 4.42 Å². The molecular weight excluding hydrogens is 691 g/mol. The number of rotatable bonds is 3. The van der Waals surface area contributed by atoms with Gasteiger partial charge < -0.3 is 14.4 Å². The molecule has 7 rings (SSSR count). The molecule has 7 aromatic rings. The van der Waals surface area contributed by atoms with Crippen molar-refractivity contribution in [3.8, 4) is 22.5 Å². The summed E-state index contributed by atoms with van der Waals surface area (Å²) in [5.41, 5.74) is 8.96. The van der Waals surface area contributed by atoms with Crippen LogP contribution in [0, 0.1) is 26.0 Å². The minimum absolute atomic E-state index is 0. The standard InChI is InChI=1S/C23H19N2OS.C11H8N.Ir/c1-12(2)18-10-19(24-11-13(18)3)17-7-5-6-15-16-8-9-20-21(25-14(4)27-20)23(16)26-22(15)17;1-2-6-10(7-3-1)11-8-4-5-9-12-11;/h5-6,8-12H,1-4H3;1-6,8-9H;/q2*-1;. The van der Waals surface area contributed by atoms with Gasteiger partial charge in [0.25, 0.3) is 0 Å². The Balaban J connectivity index is 0.000000209. The van der Waals surface area contributed by atoms with Gasteiger partial charge in [-0.3, -0.25) is 0 Å². The van der Waals surface area contributed by atoms with E-state index >= 15 is 0 Å². The number of thiazole rings is 1. The average molecular weight is 718 g/mol. The molecule has 6 heteroatoms. The van der Waals surface area contributed by atoms with Crippen LogP contribution in [0.2, 0.25) is 0 Å². The van der Waals surface area contributed by atoms with E-state index in [1.165, 1.54) is 11.1 Å². The molecule has 4 heterocycles. The van der Waals surface area contributed by atoms with Gasteiger partial charge in [-0.2, -0.15) is 0 Å². The van der Waals surface area contributed by atoms with Crippen molar-refractivity contribution in [2.24, 2.45) is 0 Å². The van der Waals surface area contributed by atoms with Gasteiger partial charge >= 0.3 is 0 Å². The molecular formula is C34H27IrN3OS-2. The first-order valence-electron chi connectivity index (χ1n) is 13.0. The Morgan fingerprint density at radius 3 is 2.40 bits per heavy atom. The van der Waals surface area contributed by atoms with Crippen LogP contribution in [-0.2, 0) is 20.1 Å². The summed E-state index contributed by atoms with van der Waals surface area (Å²) in [6.45, 7) is 8.55. The van der Waals surface area contributed by atoms with Crippen LogP contribution in [0.15, 0.2) is 89.6 Å². The second-order valence-corrected chi connectivity index (χ2v) is 11.0. The molecule has 1 radical (unpaired) electrons. The van der Waals surface area contributed by atoms with E-state index in [-0.39, 0.29) is 20.1 Å². The number of fused-ring (bicyclic) bond motifs is 5. The van der Waals surface area contributed by atoms with Crippen molar-refractivity contribution >= 4 is 43.5 Å². The molecule has 0 saturated heterocycles. The molecule has 201 valence electrons. The predicted molar refractivity (Wildman–Crippen MR) is 161 cm³/mol. The van der Waals surface area contributed by atoms with E-state index in [0.29, 0.717) is 5.92 Å². The Kier molecular flexibility index (Phi) is 8.22. The van der Waals surface area contributed by atoms with E-state index in [1.807, 2.05) is 61.7 Å². The Morgan fingerprint density at radius 1 is 0.825 bits per heavy atom. The summed E-state index contributed by atoms with van der Waals surface area (Å²) in [6, 6.07) is 30.6. The Morgan fingerprint density at radius 2 is 1.65 bits per heavy atom. The fourth-order valence-electron chi connectivity index (χ4n) is 4.86. The van der Waals surface area contributed by atoms with Crippen LogP contribution in [0.1, 0.15) is 35.9 Å². The van der Waals surface area contributed by atoms with Crippen LogP contribution in [0.3, 0.4) is 0 Å². The van der Waals surface area contributed by atoms with Crippen LogP contribution in [-0.4, -0.2) is 15.0 Å². The minimum Gasteiger partial charge on any atom is -0.498 e. The maximum Gasteiger partial charge on any atom is 0.148 e. The van der Waals surface area contributed by atoms with Gasteiger partial charge in [0, 0.05) is 37.9 Å². The molecule has 4 nitrogen and oxygen atoms in total. The summed E-state index contributed by atoms with van der Waals surface area (Å²) in [5, 5.41) is 3.22. The second kappa shape index (κ2) is 11.8. The smallest absolute Gasteiger partial charge is 0.148 e.